The van der Waals surface area contributed by atoms with E-state index in [-0.39, 0.29) is 6.04 Å². The van der Waals surface area contributed by atoms with Gasteiger partial charge in [0.05, 0.1) is 11.0 Å². The number of halogens is 1. The smallest absolute Gasteiger partial charge is 0.317 e. The van der Waals surface area contributed by atoms with Gasteiger partial charge in [0.2, 0.25) is 5.95 Å². The van der Waals surface area contributed by atoms with Gasteiger partial charge in [-0.3, -0.25) is 14.2 Å². The van der Waals surface area contributed by atoms with Crippen molar-refractivity contribution in [2.75, 3.05) is 18.0 Å². The first-order valence-corrected chi connectivity index (χ1v) is 8.87. The number of anilines is 1. The molecule has 1 aliphatic rings. The van der Waals surface area contributed by atoms with Gasteiger partial charge in [0.1, 0.15) is 0 Å². The number of hydrogen-bond acceptors (Lipinski definition) is 5. The Morgan fingerprint density at radius 1 is 1.04 bits per heavy atom. The van der Waals surface area contributed by atoms with Crippen LogP contribution in [0.3, 0.4) is 0 Å². The molecule has 0 N–H and O–H groups in total. The van der Waals surface area contributed by atoms with Crippen LogP contribution in [0.25, 0.3) is 11.0 Å². The number of piperidine rings is 1. The van der Waals surface area contributed by atoms with E-state index in [1.54, 1.807) is 48.3 Å². The van der Waals surface area contributed by atoms with Crippen molar-refractivity contribution in [3.05, 3.63) is 62.4 Å². The molecule has 0 atom stereocenters. The Morgan fingerprint density at radius 3 is 2.42 bits per heavy atom. The molecule has 0 aliphatic carbocycles. The average Bonchev–Trinajstić information content (AvgIpc) is 2.67. The van der Waals surface area contributed by atoms with Crippen molar-refractivity contribution >= 4 is 28.6 Å². The maximum Gasteiger partial charge on any atom is 0.317 e. The number of aromatic nitrogens is 4. The van der Waals surface area contributed by atoms with Gasteiger partial charge in [0.25, 0.3) is 0 Å². The highest BCUT2D eigenvalue weighted by Gasteiger charge is 2.25. The summed E-state index contributed by atoms with van der Waals surface area (Å²) in [6.07, 6.45) is 4.89. The Bertz CT molecular complexity index is 1070. The first-order chi connectivity index (χ1) is 12.6. The summed E-state index contributed by atoms with van der Waals surface area (Å²) >= 11 is 6.15. The Balaban J connectivity index is 1.73. The lowest BCUT2D eigenvalue weighted by atomic mass is 10.0. The van der Waals surface area contributed by atoms with Gasteiger partial charge in [0, 0.05) is 43.6 Å². The van der Waals surface area contributed by atoms with Crippen LogP contribution >= 0.6 is 11.6 Å². The third-order valence-corrected chi connectivity index (χ3v) is 5.16. The van der Waals surface area contributed by atoms with Gasteiger partial charge in [-0.1, -0.05) is 11.6 Å². The van der Waals surface area contributed by atoms with Crippen LogP contribution in [-0.4, -0.2) is 32.2 Å². The molecule has 1 saturated heterocycles. The third kappa shape index (κ3) is 2.78. The maximum atomic E-state index is 12.7. The molecule has 2 aromatic heterocycles. The third-order valence-electron chi connectivity index (χ3n) is 4.93. The molecule has 0 bridgehead atoms. The summed E-state index contributed by atoms with van der Waals surface area (Å²) in [6.45, 7) is 1.44. The molecular formula is C18H18ClN5O2. The highest BCUT2D eigenvalue weighted by molar-refractivity contribution is 6.31. The fourth-order valence-corrected chi connectivity index (χ4v) is 3.75. The highest BCUT2D eigenvalue weighted by atomic mass is 35.5. The van der Waals surface area contributed by atoms with Crippen molar-refractivity contribution in [3.63, 3.8) is 0 Å². The van der Waals surface area contributed by atoms with Crippen molar-refractivity contribution in [3.8, 4) is 0 Å². The first-order valence-electron chi connectivity index (χ1n) is 8.49. The summed E-state index contributed by atoms with van der Waals surface area (Å²) < 4.78 is 3.00. The molecule has 0 saturated carbocycles. The lowest BCUT2D eigenvalue weighted by molar-refractivity contribution is 0.391. The minimum absolute atomic E-state index is 0.0580. The quantitative estimate of drug-likeness (QED) is 0.644. The van der Waals surface area contributed by atoms with Crippen LogP contribution in [-0.2, 0) is 7.05 Å². The van der Waals surface area contributed by atoms with Gasteiger partial charge in [-0.15, -0.1) is 0 Å². The number of benzene rings is 1. The van der Waals surface area contributed by atoms with Crippen LogP contribution in [0.2, 0.25) is 5.02 Å². The second-order valence-corrected chi connectivity index (χ2v) is 6.88. The number of rotatable bonds is 2. The molecule has 8 heteroatoms. The van der Waals surface area contributed by atoms with Gasteiger partial charge >= 0.3 is 11.1 Å². The van der Waals surface area contributed by atoms with E-state index in [2.05, 4.69) is 14.9 Å². The van der Waals surface area contributed by atoms with Crippen molar-refractivity contribution in [2.24, 2.45) is 7.05 Å². The number of nitrogens with zero attached hydrogens (tertiary/aromatic N) is 5. The van der Waals surface area contributed by atoms with E-state index in [1.165, 1.54) is 4.57 Å². The zero-order valence-electron chi connectivity index (χ0n) is 14.3. The minimum Gasteiger partial charge on any atom is -0.341 e. The molecule has 1 aliphatic heterocycles. The second kappa shape index (κ2) is 6.57. The van der Waals surface area contributed by atoms with E-state index >= 15 is 0 Å². The number of hydrogen-bond donors (Lipinski definition) is 0. The van der Waals surface area contributed by atoms with Crippen LogP contribution < -0.4 is 16.0 Å². The molecule has 0 radical (unpaired) electrons. The monoisotopic (exact) mass is 371 g/mol. The van der Waals surface area contributed by atoms with Gasteiger partial charge in [0.15, 0.2) is 0 Å². The van der Waals surface area contributed by atoms with Crippen molar-refractivity contribution in [1.29, 1.82) is 0 Å². The Labute approximate surface area is 154 Å². The standard InChI is InChI=1S/C18H18ClN5O2/c1-22-14-4-3-12(19)11-15(14)24(17(26)16(22)25)13-5-9-23(10-6-13)18-20-7-2-8-21-18/h2-4,7-8,11,13H,5-6,9-10H2,1H3. The van der Waals surface area contributed by atoms with Gasteiger partial charge in [-0.25, -0.2) is 9.97 Å². The van der Waals surface area contributed by atoms with E-state index in [9.17, 15) is 9.59 Å². The van der Waals surface area contributed by atoms with Crippen LogP contribution in [0.5, 0.6) is 0 Å². The second-order valence-electron chi connectivity index (χ2n) is 6.44. The summed E-state index contributed by atoms with van der Waals surface area (Å²) in [7, 11) is 1.61. The predicted octanol–water partition coefficient (Wildman–Crippen LogP) is 1.99. The SMILES string of the molecule is Cn1c(=O)c(=O)n(C2CCN(c3ncccn3)CC2)c2cc(Cl)ccc21. The molecule has 0 unspecified atom stereocenters. The summed E-state index contributed by atoms with van der Waals surface area (Å²) in [5.41, 5.74) is 0.372. The number of fused-ring (bicyclic) bond motifs is 1. The molecule has 26 heavy (non-hydrogen) atoms. The summed E-state index contributed by atoms with van der Waals surface area (Å²) in [4.78, 5) is 35.8. The Hall–Kier alpha value is -2.67. The van der Waals surface area contributed by atoms with E-state index in [0.29, 0.717) is 22.0 Å². The number of aryl methyl sites for hydroxylation is 1. The largest absolute Gasteiger partial charge is 0.341 e. The average molecular weight is 372 g/mol. The van der Waals surface area contributed by atoms with Gasteiger partial charge < -0.3 is 9.47 Å². The predicted molar refractivity (Wildman–Crippen MR) is 101 cm³/mol. The molecule has 3 heterocycles. The first kappa shape index (κ1) is 16.8. The molecule has 134 valence electrons. The summed E-state index contributed by atoms with van der Waals surface area (Å²) in [6, 6.07) is 6.99. The lowest BCUT2D eigenvalue weighted by Crippen LogP contribution is -2.45. The van der Waals surface area contributed by atoms with Crippen molar-refractivity contribution < 1.29 is 0 Å². The van der Waals surface area contributed by atoms with Crippen LogP contribution in [0.15, 0.2) is 46.2 Å². The Kier molecular flexibility index (Phi) is 4.24. The van der Waals surface area contributed by atoms with E-state index in [4.69, 9.17) is 11.6 Å². The zero-order chi connectivity index (χ0) is 18.3. The van der Waals surface area contributed by atoms with Crippen LogP contribution in [0, 0.1) is 0 Å². The Morgan fingerprint density at radius 2 is 1.73 bits per heavy atom. The van der Waals surface area contributed by atoms with Crippen LogP contribution in [0.1, 0.15) is 18.9 Å². The molecule has 4 rings (SSSR count). The fraction of sp³-hybridized carbons (Fsp3) is 0.333. The minimum atomic E-state index is -0.520. The molecule has 7 nitrogen and oxygen atoms in total. The van der Waals surface area contributed by atoms with Crippen molar-refractivity contribution in [2.45, 2.75) is 18.9 Å². The fourth-order valence-electron chi connectivity index (χ4n) is 3.58. The van der Waals surface area contributed by atoms with E-state index < -0.39 is 11.1 Å². The van der Waals surface area contributed by atoms with E-state index in [0.717, 1.165) is 25.9 Å². The topological polar surface area (TPSA) is 73.0 Å². The van der Waals surface area contributed by atoms with Gasteiger partial charge in [-0.05, 0) is 37.1 Å². The molecule has 3 aromatic rings. The van der Waals surface area contributed by atoms with Crippen molar-refractivity contribution in [1.82, 2.24) is 19.1 Å². The molecule has 1 fully saturated rings. The normalized spacial score (nSPS) is 15.5. The maximum absolute atomic E-state index is 12.7. The molecule has 0 amide bonds. The van der Waals surface area contributed by atoms with Gasteiger partial charge in [-0.2, -0.15) is 0 Å². The zero-order valence-corrected chi connectivity index (χ0v) is 15.1. The summed E-state index contributed by atoms with van der Waals surface area (Å²) in [5, 5.41) is 0.541. The summed E-state index contributed by atoms with van der Waals surface area (Å²) in [5.74, 6) is 0.690. The van der Waals surface area contributed by atoms with E-state index in [1.807, 2.05) is 0 Å². The highest BCUT2D eigenvalue weighted by Crippen LogP contribution is 2.27. The molecule has 0 spiro atoms. The lowest BCUT2D eigenvalue weighted by Gasteiger charge is -2.33. The van der Waals surface area contributed by atoms with Crippen LogP contribution in [0.4, 0.5) is 5.95 Å². The molecule has 1 aromatic carbocycles. The molecular weight excluding hydrogens is 354 g/mol.